The lowest BCUT2D eigenvalue weighted by Crippen LogP contribution is -2.28. The van der Waals surface area contributed by atoms with Gasteiger partial charge < -0.3 is 4.74 Å². The van der Waals surface area contributed by atoms with Gasteiger partial charge in [-0.2, -0.15) is 0 Å². The van der Waals surface area contributed by atoms with Gasteiger partial charge in [-0.3, -0.25) is 4.79 Å². The van der Waals surface area contributed by atoms with E-state index < -0.39 is 0 Å². The Balaban J connectivity index is 2.52. The molecular formula is C10H18O2. The third-order valence-electron chi connectivity index (χ3n) is 2.74. The monoisotopic (exact) mass is 170 g/mol. The van der Waals surface area contributed by atoms with Crippen molar-refractivity contribution in [2.24, 2.45) is 11.3 Å². The second kappa shape index (κ2) is 3.46. The Labute approximate surface area is 74.3 Å². The van der Waals surface area contributed by atoms with Gasteiger partial charge >= 0.3 is 5.97 Å². The molecule has 1 aliphatic carbocycles. The molecule has 0 saturated heterocycles. The lowest BCUT2D eigenvalue weighted by atomic mass is 9.72. The lowest BCUT2D eigenvalue weighted by Gasteiger charge is -2.33. The molecule has 1 unspecified atom stereocenters. The summed E-state index contributed by atoms with van der Waals surface area (Å²) in [6.45, 7) is 4.45. The maximum Gasteiger partial charge on any atom is 0.308 e. The minimum atomic E-state index is -0.0252. The first-order chi connectivity index (χ1) is 5.55. The minimum Gasteiger partial charge on any atom is -0.469 e. The third-order valence-corrected chi connectivity index (χ3v) is 2.74. The number of ether oxygens (including phenoxy) is 1. The van der Waals surface area contributed by atoms with E-state index in [1.165, 1.54) is 13.5 Å². The van der Waals surface area contributed by atoms with E-state index >= 15 is 0 Å². The second-order valence-electron chi connectivity index (χ2n) is 4.48. The quantitative estimate of drug-likeness (QED) is 0.565. The molecule has 2 nitrogen and oxygen atoms in total. The Hall–Kier alpha value is -0.530. The van der Waals surface area contributed by atoms with Crippen LogP contribution in [-0.2, 0) is 9.53 Å². The molecule has 0 bridgehead atoms. The molecule has 2 heteroatoms. The molecule has 0 aromatic rings. The molecule has 0 radical (unpaired) electrons. The van der Waals surface area contributed by atoms with Crippen LogP contribution in [0.25, 0.3) is 0 Å². The van der Waals surface area contributed by atoms with Crippen LogP contribution < -0.4 is 0 Å². The topological polar surface area (TPSA) is 26.3 Å². The summed E-state index contributed by atoms with van der Waals surface area (Å²) in [4.78, 5) is 11.2. The predicted octanol–water partition coefficient (Wildman–Crippen LogP) is 2.38. The van der Waals surface area contributed by atoms with E-state index in [0.717, 1.165) is 19.3 Å². The average molecular weight is 170 g/mol. The van der Waals surface area contributed by atoms with E-state index in [1.807, 2.05) is 0 Å². The van der Waals surface area contributed by atoms with Gasteiger partial charge in [0.15, 0.2) is 0 Å². The van der Waals surface area contributed by atoms with Crippen LogP contribution in [-0.4, -0.2) is 13.1 Å². The van der Waals surface area contributed by atoms with Gasteiger partial charge in [-0.25, -0.2) is 0 Å². The summed E-state index contributed by atoms with van der Waals surface area (Å²) in [5.74, 6) is 0.126. The molecule has 0 heterocycles. The van der Waals surface area contributed by atoms with Gasteiger partial charge in [0.05, 0.1) is 13.0 Å². The Morgan fingerprint density at radius 2 is 2.17 bits per heavy atom. The lowest BCUT2D eigenvalue weighted by molar-refractivity contribution is -0.147. The van der Waals surface area contributed by atoms with Crippen LogP contribution >= 0.6 is 0 Å². The van der Waals surface area contributed by atoms with Crippen molar-refractivity contribution < 1.29 is 9.53 Å². The van der Waals surface area contributed by atoms with Crippen molar-refractivity contribution in [3.05, 3.63) is 0 Å². The number of hydrogen-bond donors (Lipinski definition) is 0. The molecular weight excluding hydrogens is 152 g/mol. The zero-order valence-electron chi connectivity index (χ0n) is 8.22. The Bertz CT molecular complexity index is 173. The molecule has 0 aromatic carbocycles. The van der Waals surface area contributed by atoms with E-state index in [9.17, 15) is 4.79 Å². The van der Waals surface area contributed by atoms with Crippen molar-refractivity contribution in [2.45, 2.75) is 39.5 Å². The van der Waals surface area contributed by atoms with Crippen LogP contribution in [0.2, 0.25) is 0 Å². The van der Waals surface area contributed by atoms with Gasteiger partial charge in [-0.1, -0.05) is 20.3 Å². The number of carbonyl (C=O) groups is 1. The van der Waals surface area contributed by atoms with Gasteiger partial charge in [0.25, 0.3) is 0 Å². The normalized spacial score (nSPS) is 28.1. The molecule has 1 rings (SSSR count). The zero-order valence-corrected chi connectivity index (χ0v) is 8.22. The van der Waals surface area contributed by atoms with Crippen molar-refractivity contribution in [3.8, 4) is 0 Å². The highest BCUT2D eigenvalue weighted by Gasteiger charge is 2.32. The Kier molecular flexibility index (Phi) is 2.76. The van der Waals surface area contributed by atoms with Crippen LogP contribution in [0.4, 0.5) is 0 Å². The van der Waals surface area contributed by atoms with E-state index in [0.29, 0.717) is 5.41 Å². The first kappa shape index (κ1) is 9.56. The van der Waals surface area contributed by atoms with E-state index in [4.69, 9.17) is 4.74 Å². The molecule has 0 aromatic heterocycles. The molecule has 1 aliphatic rings. The van der Waals surface area contributed by atoms with Gasteiger partial charge in [-0.15, -0.1) is 0 Å². The number of esters is 1. The molecule has 1 saturated carbocycles. The zero-order chi connectivity index (χ0) is 9.19. The fourth-order valence-corrected chi connectivity index (χ4v) is 2.07. The Morgan fingerprint density at radius 3 is 2.67 bits per heavy atom. The molecule has 0 amide bonds. The van der Waals surface area contributed by atoms with Crippen LogP contribution in [0.15, 0.2) is 0 Å². The summed E-state index contributed by atoms with van der Waals surface area (Å²) in [6, 6.07) is 0. The first-order valence-electron chi connectivity index (χ1n) is 4.63. The Morgan fingerprint density at radius 1 is 1.50 bits per heavy atom. The maximum absolute atomic E-state index is 11.2. The first-order valence-corrected chi connectivity index (χ1v) is 4.63. The van der Waals surface area contributed by atoms with E-state index in [2.05, 4.69) is 13.8 Å². The SMILES string of the molecule is COC(=O)C1CCCC(C)(C)C1. The highest BCUT2D eigenvalue weighted by atomic mass is 16.5. The summed E-state index contributed by atoms with van der Waals surface area (Å²) in [6.07, 6.45) is 4.39. The highest BCUT2D eigenvalue weighted by molar-refractivity contribution is 5.72. The number of carbonyl (C=O) groups excluding carboxylic acids is 1. The molecule has 1 atom stereocenters. The fraction of sp³-hybridized carbons (Fsp3) is 0.900. The maximum atomic E-state index is 11.2. The van der Waals surface area contributed by atoms with Gasteiger partial charge in [-0.05, 0) is 24.7 Å². The summed E-state index contributed by atoms with van der Waals surface area (Å²) in [5.41, 5.74) is 0.330. The standard InChI is InChI=1S/C10H18O2/c1-10(2)6-4-5-8(7-10)9(11)12-3/h8H,4-7H2,1-3H3. The van der Waals surface area contributed by atoms with Crippen LogP contribution in [0.5, 0.6) is 0 Å². The molecule has 70 valence electrons. The molecule has 0 aliphatic heterocycles. The van der Waals surface area contributed by atoms with Crippen LogP contribution in [0, 0.1) is 11.3 Å². The van der Waals surface area contributed by atoms with Crippen molar-refractivity contribution >= 4 is 5.97 Å². The van der Waals surface area contributed by atoms with Crippen molar-refractivity contribution in [3.63, 3.8) is 0 Å². The second-order valence-corrected chi connectivity index (χ2v) is 4.48. The van der Waals surface area contributed by atoms with Gasteiger partial charge in [0.2, 0.25) is 0 Å². The summed E-state index contributed by atoms with van der Waals surface area (Å²) in [7, 11) is 1.48. The number of rotatable bonds is 1. The summed E-state index contributed by atoms with van der Waals surface area (Å²) < 4.78 is 4.74. The summed E-state index contributed by atoms with van der Waals surface area (Å²) in [5, 5.41) is 0. The predicted molar refractivity (Wildman–Crippen MR) is 47.8 cm³/mol. The van der Waals surface area contributed by atoms with Gasteiger partial charge in [0, 0.05) is 0 Å². The van der Waals surface area contributed by atoms with Crippen LogP contribution in [0.1, 0.15) is 39.5 Å². The smallest absolute Gasteiger partial charge is 0.308 e. The molecule has 12 heavy (non-hydrogen) atoms. The fourth-order valence-electron chi connectivity index (χ4n) is 2.07. The average Bonchev–Trinajstić information content (AvgIpc) is 2.01. The third kappa shape index (κ3) is 2.23. The van der Waals surface area contributed by atoms with Crippen molar-refractivity contribution in [1.29, 1.82) is 0 Å². The largest absolute Gasteiger partial charge is 0.469 e. The molecule has 0 spiro atoms. The molecule has 1 fully saturated rings. The van der Waals surface area contributed by atoms with Crippen LogP contribution in [0.3, 0.4) is 0 Å². The molecule has 0 N–H and O–H groups in total. The van der Waals surface area contributed by atoms with E-state index in [-0.39, 0.29) is 11.9 Å². The number of methoxy groups -OCH3 is 1. The highest BCUT2D eigenvalue weighted by Crippen LogP contribution is 2.38. The van der Waals surface area contributed by atoms with Crippen molar-refractivity contribution in [2.75, 3.05) is 7.11 Å². The van der Waals surface area contributed by atoms with Crippen molar-refractivity contribution in [1.82, 2.24) is 0 Å². The van der Waals surface area contributed by atoms with Gasteiger partial charge in [0.1, 0.15) is 0 Å². The number of hydrogen-bond acceptors (Lipinski definition) is 2. The van der Waals surface area contributed by atoms with E-state index in [1.54, 1.807) is 0 Å². The summed E-state index contributed by atoms with van der Waals surface area (Å²) >= 11 is 0. The minimum absolute atomic E-state index is 0.0252.